The van der Waals surface area contributed by atoms with Crippen LogP contribution in [0.25, 0.3) is 0 Å². The van der Waals surface area contributed by atoms with Crippen molar-refractivity contribution in [2.75, 3.05) is 32.1 Å². The highest BCUT2D eigenvalue weighted by atomic mass is 16.5. The minimum Gasteiger partial charge on any atom is -0.496 e. The highest BCUT2D eigenvalue weighted by Crippen LogP contribution is 2.27. The van der Waals surface area contributed by atoms with Crippen LogP contribution in [0, 0.1) is 20.8 Å². The van der Waals surface area contributed by atoms with Gasteiger partial charge < -0.3 is 14.8 Å². The second-order valence-corrected chi connectivity index (χ2v) is 7.93. The second kappa shape index (κ2) is 9.41. The number of rotatable bonds is 6. The molecular formula is C24H29N5O2. The summed E-state index contributed by atoms with van der Waals surface area (Å²) >= 11 is 0. The van der Waals surface area contributed by atoms with Gasteiger partial charge in [-0.15, -0.1) is 0 Å². The van der Waals surface area contributed by atoms with Gasteiger partial charge in [0, 0.05) is 36.6 Å². The summed E-state index contributed by atoms with van der Waals surface area (Å²) in [6.45, 7) is 9.17. The molecular weight excluding hydrogens is 390 g/mol. The van der Waals surface area contributed by atoms with Gasteiger partial charge in [-0.2, -0.15) is 0 Å². The van der Waals surface area contributed by atoms with Crippen LogP contribution in [-0.2, 0) is 11.3 Å². The van der Waals surface area contributed by atoms with Gasteiger partial charge >= 0.3 is 0 Å². The number of benzene rings is 1. The van der Waals surface area contributed by atoms with Crippen LogP contribution in [0.3, 0.4) is 0 Å². The van der Waals surface area contributed by atoms with Gasteiger partial charge in [0.1, 0.15) is 11.9 Å². The fourth-order valence-electron chi connectivity index (χ4n) is 3.98. The number of morpholine rings is 1. The number of nitrogens with one attached hydrogen (secondary N) is 1. The Balaban J connectivity index is 1.42. The molecule has 1 N–H and O–H groups in total. The van der Waals surface area contributed by atoms with E-state index in [2.05, 4.69) is 50.3 Å². The Morgan fingerprint density at radius 2 is 1.94 bits per heavy atom. The third kappa shape index (κ3) is 5.18. The largest absolute Gasteiger partial charge is 0.496 e. The molecule has 1 aliphatic heterocycles. The predicted octanol–water partition coefficient (Wildman–Crippen LogP) is 4.12. The molecule has 2 aromatic heterocycles. The smallest absolute Gasteiger partial charge is 0.227 e. The van der Waals surface area contributed by atoms with Crippen molar-refractivity contribution in [2.45, 2.75) is 33.4 Å². The predicted molar refractivity (Wildman–Crippen MR) is 121 cm³/mol. The zero-order chi connectivity index (χ0) is 21.8. The number of pyridine rings is 1. The summed E-state index contributed by atoms with van der Waals surface area (Å²) in [5.74, 6) is 1.55. The lowest BCUT2D eigenvalue weighted by Gasteiger charge is -2.33. The molecule has 0 aliphatic carbocycles. The van der Waals surface area contributed by atoms with E-state index in [4.69, 9.17) is 9.47 Å². The second-order valence-electron chi connectivity index (χ2n) is 7.93. The van der Waals surface area contributed by atoms with Crippen LogP contribution in [0.4, 0.5) is 11.6 Å². The molecule has 1 unspecified atom stereocenters. The molecule has 0 spiro atoms. The minimum atomic E-state index is -0.0592. The Labute approximate surface area is 183 Å². The standard InChI is InChI=1S/C24H29N5O2/c1-16-6-5-7-19(23(16)30-4)14-29-10-11-31-22(15-29)21-9-8-20(13-25-21)28-24-26-17(2)12-18(3)27-24/h5-9,12-13,22H,10-11,14-15H2,1-4H3,(H,26,27,28). The van der Waals surface area contributed by atoms with Crippen LogP contribution in [0.1, 0.15) is 34.3 Å². The Morgan fingerprint density at radius 3 is 2.65 bits per heavy atom. The van der Waals surface area contributed by atoms with E-state index in [1.54, 1.807) is 7.11 Å². The monoisotopic (exact) mass is 419 g/mol. The van der Waals surface area contributed by atoms with Crippen molar-refractivity contribution in [2.24, 2.45) is 0 Å². The van der Waals surface area contributed by atoms with Gasteiger partial charge in [-0.3, -0.25) is 9.88 Å². The third-order valence-electron chi connectivity index (χ3n) is 5.40. The van der Waals surface area contributed by atoms with E-state index in [9.17, 15) is 0 Å². The van der Waals surface area contributed by atoms with E-state index < -0.39 is 0 Å². The first-order valence-corrected chi connectivity index (χ1v) is 10.5. The topological polar surface area (TPSA) is 72.4 Å². The summed E-state index contributed by atoms with van der Waals surface area (Å²) in [6.07, 6.45) is 1.75. The number of methoxy groups -OCH3 is 1. The highest BCUT2D eigenvalue weighted by Gasteiger charge is 2.24. The minimum absolute atomic E-state index is 0.0592. The molecule has 7 nitrogen and oxygen atoms in total. The molecule has 31 heavy (non-hydrogen) atoms. The molecule has 0 radical (unpaired) electrons. The van der Waals surface area contributed by atoms with Crippen molar-refractivity contribution in [3.05, 3.63) is 70.8 Å². The summed E-state index contributed by atoms with van der Waals surface area (Å²) in [7, 11) is 1.73. The fourth-order valence-corrected chi connectivity index (χ4v) is 3.98. The van der Waals surface area contributed by atoms with Crippen molar-refractivity contribution < 1.29 is 9.47 Å². The van der Waals surface area contributed by atoms with Crippen LogP contribution in [0.2, 0.25) is 0 Å². The molecule has 1 atom stereocenters. The van der Waals surface area contributed by atoms with Crippen molar-refractivity contribution >= 4 is 11.6 Å². The Bertz CT molecular complexity index is 1020. The van der Waals surface area contributed by atoms with E-state index >= 15 is 0 Å². The molecule has 1 saturated heterocycles. The molecule has 7 heteroatoms. The van der Waals surface area contributed by atoms with Gasteiger partial charge in [0.2, 0.25) is 5.95 Å². The van der Waals surface area contributed by atoms with Crippen molar-refractivity contribution in [3.8, 4) is 5.75 Å². The Hall–Kier alpha value is -3.03. The van der Waals surface area contributed by atoms with Crippen LogP contribution in [0.15, 0.2) is 42.6 Å². The van der Waals surface area contributed by atoms with Gasteiger partial charge in [-0.1, -0.05) is 18.2 Å². The molecule has 1 aliphatic rings. The maximum Gasteiger partial charge on any atom is 0.227 e. The van der Waals surface area contributed by atoms with E-state index in [0.717, 1.165) is 53.7 Å². The molecule has 1 fully saturated rings. The highest BCUT2D eigenvalue weighted by molar-refractivity contribution is 5.52. The van der Waals surface area contributed by atoms with Gasteiger partial charge in [0.25, 0.3) is 0 Å². The van der Waals surface area contributed by atoms with Crippen LogP contribution in [0.5, 0.6) is 5.75 Å². The summed E-state index contributed by atoms with van der Waals surface area (Å²) in [4.78, 5) is 15.9. The van der Waals surface area contributed by atoms with Crippen LogP contribution in [-0.4, -0.2) is 46.7 Å². The number of para-hydroxylation sites is 1. The normalized spacial score (nSPS) is 16.8. The lowest BCUT2D eigenvalue weighted by molar-refractivity contribution is -0.0351. The number of ether oxygens (including phenoxy) is 2. The van der Waals surface area contributed by atoms with Crippen LogP contribution >= 0.6 is 0 Å². The van der Waals surface area contributed by atoms with Gasteiger partial charge in [-0.05, 0) is 44.5 Å². The molecule has 3 aromatic rings. The number of hydrogen-bond donors (Lipinski definition) is 1. The molecule has 162 valence electrons. The van der Waals surface area contributed by atoms with E-state index in [1.807, 2.05) is 38.2 Å². The molecule has 0 bridgehead atoms. The number of hydrogen-bond acceptors (Lipinski definition) is 7. The third-order valence-corrected chi connectivity index (χ3v) is 5.40. The number of aromatic nitrogens is 3. The molecule has 4 rings (SSSR count). The maximum atomic E-state index is 6.02. The lowest BCUT2D eigenvalue weighted by atomic mass is 10.1. The number of anilines is 2. The van der Waals surface area contributed by atoms with E-state index in [-0.39, 0.29) is 6.10 Å². The quantitative estimate of drug-likeness (QED) is 0.644. The van der Waals surface area contributed by atoms with Crippen molar-refractivity contribution in [1.29, 1.82) is 0 Å². The number of nitrogens with zero attached hydrogens (tertiary/aromatic N) is 4. The first-order chi connectivity index (χ1) is 15.0. The molecule has 0 amide bonds. The first kappa shape index (κ1) is 21.2. The van der Waals surface area contributed by atoms with Crippen LogP contribution < -0.4 is 10.1 Å². The Morgan fingerprint density at radius 1 is 1.13 bits per heavy atom. The van der Waals surface area contributed by atoms with Crippen molar-refractivity contribution in [3.63, 3.8) is 0 Å². The Kier molecular flexibility index (Phi) is 6.44. The number of aryl methyl sites for hydroxylation is 3. The molecule has 0 saturated carbocycles. The zero-order valence-corrected chi connectivity index (χ0v) is 18.6. The SMILES string of the molecule is COc1c(C)cccc1CN1CCOC(c2ccc(Nc3nc(C)cc(C)n3)cn2)C1. The van der Waals surface area contributed by atoms with Gasteiger partial charge in [0.15, 0.2) is 0 Å². The average Bonchev–Trinajstić information content (AvgIpc) is 2.74. The molecule has 3 heterocycles. The van der Waals surface area contributed by atoms with Gasteiger partial charge in [0.05, 0.1) is 31.3 Å². The molecule has 1 aromatic carbocycles. The maximum absolute atomic E-state index is 6.02. The van der Waals surface area contributed by atoms with Crippen molar-refractivity contribution in [1.82, 2.24) is 19.9 Å². The van der Waals surface area contributed by atoms with E-state index in [1.165, 1.54) is 5.56 Å². The van der Waals surface area contributed by atoms with Gasteiger partial charge in [-0.25, -0.2) is 9.97 Å². The average molecular weight is 420 g/mol. The lowest BCUT2D eigenvalue weighted by Crippen LogP contribution is -2.38. The zero-order valence-electron chi connectivity index (χ0n) is 18.6. The summed E-state index contributed by atoms with van der Waals surface area (Å²) in [6, 6.07) is 12.2. The van der Waals surface area contributed by atoms with E-state index in [0.29, 0.717) is 12.6 Å². The summed E-state index contributed by atoms with van der Waals surface area (Å²) in [5, 5.41) is 3.23. The summed E-state index contributed by atoms with van der Waals surface area (Å²) < 4.78 is 11.6. The first-order valence-electron chi connectivity index (χ1n) is 10.5. The fraction of sp³-hybridized carbons (Fsp3) is 0.375. The summed E-state index contributed by atoms with van der Waals surface area (Å²) in [5.41, 5.74) is 5.99.